The highest BCUT2D eigenvalue weighted by Gasteiger charge is 2.32. The molecule has 32 heavy (non-hydrogen) atoms. The highest BCUT2D eigenvalue weighted by atomic mass is 32.2. The van der Waals surface area contributed by atoms with Crippen LogP contribution >= 0.6 is 0 Å². The first-order valence-corrected chi connectivity index (χ1v) is 13.0. The summed E-state index contributed by atoms with van der Waals surface area (Å²) < 4.78 is 27.2. The molecule has 2 heterocycles. The Morgan fingerprint density at radius 3 is 2.41 bits per heavy atom. The van der Waals surface area contributed by atoms with Gasteiger partial charge >= 0.3 is 0 Å². The Bertz CT molecular complexity index is 1030. The van der Waals surface area contributed by atoms with E-state index in [2.05, 4.69) is 34.5 Å². The summed E-state index contributed by atoms with van der Waals surface area (Å²) in [6.45, 7) is 6.41. The predicted molar refractivity (Wildman–Crippen MR) is 126 cm³/mol. The van der Waals surface area contributed by atoms with Gasteiger partial charge in [-0.25, -0.2) is 8.42 Å². The maximum atomic E-state index is 12.8. The Labute approximate surface area is 191 Å². The lowest BCUT2D eigenvalue weighted by Gasteiger charge is -2.31. The summed E-state index contributed by atoms with van der Waals surface area (Å²) in [6.07, 6.45) is 3.15. The third-order valence-corrected chi connectivity index (χ3v) is 8.56. The maximum absolute atomic E-state index is 12.8. The molecule has 2 aliphatic rings. The molecule has 0 spiro atoms. The molecule has 0 unspecified atom stereocenters. The van der Waals surface area contributed by atoms with Gasteiger partial charge in [-0.3, -0.25) is 9.69 Å². The molecule has 2 aromatic carbocycles. The molecule has 172 valence electrons. The molecule has 2 aliphatic heterocycles. The van der Waals surface area contributed by atoms with E-state index in [1.807, 2.05) is 19.1 Å². The van der Waals surface area contributed by atoms with E-state index < -0.39 is 10.0 Å². The van der Waals surface area contributed by atoms with Crippen molar-refractivity contribution < 1.29 is 13.2 Å². The van der Waals surface area contributed by atoms with Crippen LogP contribution in [0, 0.1) is 12.8 Å². The molecule has 0 radical (unpaired) electrons. The average Bonchev–Trinajstić information content (AvgIpc) is 2.82. The van der Waals surface area contributed by atoms with Crippen molar-refractivity contribution in [2.24, 2.45) is 5.92 Å². The van der Waals surface area contributed by atoms with Gasteiger partial charge in [0.15, 0.2) is 0 Å². The number of nitrogens with one attached hydrogen (secondary N) is 1. The predicted octanol–water partition coefficient (Wildman–Crippen LogP) is 2.96. The number of benzene rings is 2. The number of rotatable bonds is 7. The van der Waals surface area contributed by atoms with Crippen molar-refractivity contribution in [1.29, 1.82) is 0 Å². The van der Waals surface area contributed by atoms with Crippen LogP contribution in [0.2, 0.25) is 0 Å². The number of carbonyl (C=O) groups excluding carboxylic acids is 1. The van der Waals surface area contributed by atoms with Crippen molar-refractivity contribution in [3.05, 3.63) is 65.2 Å². The van der Waals surface area contributed by atoms with Gasteiger partial charge in [0, 0.05) is 45.2 Å². The van der Waals surface area contributed by atoms with Gasteiger partial charge in [0.05, 0.1) is 4.90 Å². The Morgan fingerprint density at radius 1 is 1.00 bits per heavy atom. The molecule has 0 aliphatic carbocycles. The summed E-state index contributed by atoms with van der Waals surface area (Å²) in [5.41, 5.74) is 3.90. The number of carbonyl (C=O) groups is 1. The van der Waals surface area contributed by atoms with E-state index in [0.29, 0.717) is 37.4 Å². The SMILES string of the molecule is Cc1ccc(S(=O)(=O)N2CCC(C(=O)NCCCN3CCc4ccccc4C3)CC2)cc1. The third-order valence-electron chi connectivity index (χ3n) is 6.64. The first-order chi connectivity index (χ1) is 15.4. The lowest BCUT2D eigenvalue weighted by atomic mass is 9.97. The van der Waals surface area contributed by atoms with Crippen LogP contribution in [0.1, 0.15) is 36.0 Å². The van der Waals surface area contributed by atoms with E-state index in [4.69, 9.17) is 0 Å². The van der Waals surface area contributed by atoms with Crippen LogP contribution in [0.25, 0.3) is 0 Å². The summed E-state index contributed by atoms with van der Waals surface area (Å²) >= 11 is 0. The third kappa shape index (κ3) is 5.39. The fourth-order valence-electron chi connectivity index (χ4n) is 4.62. The van der Waals surface area contributed by atoms with Crippen LogP contribution in [0.3, 0.4) is 0 Å². The van der Waals surface area contributed by atoms with Crippen molar-refractivity contribution in [2.45, 2.75) is 44.0 Å². The number of nitrogens with zero attached hydrogens (tertiary/aromatic N) is 2. The molecule has 0 atom stereocenters. The number of aryl methyl sites for hydroxylation is 1. The van der Waals surface area contributed by atoms with E-state index in [-0.39, 0.29) is 11.8 Å². The smallest absolute Gasteiger partial charge is 0.243 e. The van der Waals surface area contributed by atoms with E-state index in [9.17, 15) is 13.2 Å². The van der Waals surface area contributed by atoms with Crippen molar-refractivity contribution in [2.75, 3.05) is 32.7 Å². The van der Waals surface area contributed by atoms with Gasteiger partial charge in [-0.1, -0.05) is 42.0 Å². The van der Waals surface area contributed by atoms with Gasteiger partial charge in [0.25, 0.3) is 0 Å². The Hall–Kier alpha value is -2.22. The first kappa shape index (κ1) is 23.0. The average molecular weight is 456 g/mol. The van der Waals surface area contributed by atoms with Crippen molar-refractivity contribution >= 4 is 15.9 Å². The summed E-state index contributed by atoms with van der Waals surface area (Å²) in [6, 6.07) is 15.6. The minimum atomic E-state index is -3.49. The van der Waals surface area contributed by atoms with E-state index in [0.717, 1.165) is 38.0 Å². The summed E-state index contributed by atoms with van der Waals surface area (Å²) in [7, 11) is -3.49. The largest absolute Gasteiger partial charge is 0.356 e. The number of hydrogen-bond acceptors (Lipinski definition) is 4. The lowest BCUT2D eigenvalue weighted by Crippen LogP contribution is -2.43. The molecule has 2 aromatic rings. The zero-order chi connectivity index (χ0) is 22.6. The minimum absolute atomic E-state index is 0.0568. The van der Waals surface area contributed by atoms with Gasteiger partial charge in [-0.05, 0) is 55.9 Å². The molecular weight excluding hydrogens is 422 g/mol. The quantitative estimate of drug-likeness (QED) is 0.652. The van der Waals surface area contributed by atoms with Gasteiger partial charge in [-0.15, -0.1) is 0 Å². The van der Waals surface area contributed by atoms with Crippen LogP contribution in [0.5, 0.6) is 0 Å². The summed E-state index contributed by atoms with van der Waals surface area (Å²) in [5.74, 6) is -0.0531. The van der Waals surface area contributed by atoms with Crippen molar-refractivity contribution in [3.8, 4) is 0 Å². The highest BCUT2D eigenvalue weighted by Crippen LogP contribution is 2.24. The van der Waals surface area contributed by atoms with Crippen LogP contribution in [0.15, 0.2) is 53.4 Å². The monoisotopic (exact) mass is 455 g/mol. The molecule has 6 nitrogen and oxygen atoms in total. The van der Waals surface area contributed by atoms with Crippen LogP contribution in [-0.2, 0) is 27.8 Å². The molecule has 1 fully saturated rings. The van der Waals surface area contributed by atoms with Crippen LogP contribution in [-0.4, -0.2) is 56.3 Å². The van der Waals surface area contributed by atoms with Crippen LogP contribution in [0.4, 0.5) is 0 Å². The minimum Gasteiger partial charge on any atom is -0.356 e. The van der Waals surface area contributed by atoms with Gasteiger partial charge in [0.1, 0.15) is 0 Å². The van der Waals surface area contributed by atoms with Crippen molar-refractivity contribution in [1.82, 2.24) is 14.5 Å². The highest BCUT2D eigenvalue weighted by molar-refractivity contribution is 7.89. The molecule has 0 bridgehead atoms. The normalized spacial score (nSPS) is 18.3. The second kappa shape index (κ2) is 10.1. The van der Waals surface area contributed by atoms with E-state index in [1.165, 1.54) is 15.4 Å². The van der Waals surface area contributed by atoms with Crippen molar-refractivity contribution in [3.63, 3.8) is 0 Å². The number of amides is 1. The zero-order valence-electron chi connectivity index (χ0n) is 18.8. The van der Waals surface area contributed by atoms with Gasteiger partial charge in [-0.2, -0.15) is 4.31 Å². The molecule has 7 heteroatoms. The molecule has 1 amide bonds. The topological polar surface area (TPSA) is 69.7 Å². The van der Waals surface area contributed by atoms with E-state index >= 15 is 0 Å². The molecule has 1 N–H and O–H groups in total. The lowest BCUT2D eigenvalue weighted by molar-refractivity contribution is -0.126. The Morgan fingerprint density at radius 2 is 1.69 bits per heavy atom. The molecular formula is C25H33N3O3S. The van der Waals surface area contributed by atoms with E-state index in [1.54, 1.807) is 12.1 Å². The standard InChI is InChI=1S/C25H33N3O3S/c1-20-7-9-24(10-8-20)32(30,31)28-17-12-22(13-18-28)25(29)26-14-4-15-27-16-11-21-5-2-3-6-23(21)19-27/h2-3,5-10,22H,4,11-19H2,1H3,(H,26,29). The second-order valence-electron chi connectivity index (χ2n) is 8.93. The number of fused-ring (bicyclic) bond motifs is 1. The summed E-state index contributed by atoms with van der Waals surface area (Å²) in [5, 5.41) is 3.07. The van der Waals surface area contributed by atoms with Gasteiger partial charge in [0.2, 0.25) is 15.9 Å². The molecule has 1 saturated heterocycles. The molecule has 0 saturated carbocycles. The van der Waals surface area contributed by atoms with Crippen LogP contribution < -0.4 is 5.32 Å². The Balaban J connectivity index is 1.18. The second-order valence-corrected chi connectivity index (χ2v) is 10.9. The number of sulfonamides is 1. The fraction of sp³-hybridized carbons (Fsp3) is 0.480. The number of hydrogen-bond donors (Lipinski definition) is 1. The number of piperidine rings is 1. The fourth-order valence-corrected chi connectivity index (χ4v) is 6.09. The zero-order valence-corrected chi connectivity index (χ0v) is 19.6. The molecule has 0 aromatic heterocycles. The van der Waals surface area contributed by atoms with Gasteiger partial charge < -0.3 is 5.32 Å². The Kier molecular flexibility index (Phi) is 7.28. The first-order valence-electron chi connectivity index (χ1n) is 11.6. The maximum Gasteiger partial charge on any atom is 0.243 e. The molecule has 4 rings (SSSR count). The summed E-state index contributed by atoms with van der Waals surface area (Å²) in [4.78, 5) is 15.4.